The highest BCUT2D eigenvalue weighted by Gasteiger charge is 2.39. The second-order valence-electron chi connectivity index (χ2n) is 9.36. The number of alkyl halides is 3. The third-order valence-electron chi connectivity index (χ3n) is 7.15. The van der Waals surface area contributed by atoms with Gasteiger partial charge in [-0.25, -0.2) is 9.78 Å². The maximum Gasteiger partial charge on any atom is 0.417 e. The molecule has 38 heavy (non-hydrogen) atoms. The summed E-state index contributed by atoms with van der Waals surface area (Å²) in [6.45, 7) is 4.05. The first-order valence-electron chi connectivity index (χ1n) is 12.5. The monoisotopic (exact) mass is 520 g/mol. The third-order valence-corrected chi connectivity index (χ3v) is 7.15. The number of hydrogen-bond donors (Lipinski definition) is 1. The topological polar surface area (TPSA) is 67.2 Å². The van der Waals surface area contributed by atoms with Crippen LogP contribution in [0, 0.1) is 0 Å². The molecule has 1 N–H and O–H groups in total. The molecule has 3 aromatic carbocycles. The molecule has 1 aliphatic heterocycles. The van der Waals surface area contributed by atoms with Crippen LogP contribution in [0.25, 0.3) is 10.9 Å². The van der Waals surface area contributed by atoms with Crippen molar-refractivity contribution in [2.45, 2.75) is 51.5 Å². The molecule has 0 fully saturated rings. The average molecular weight is 521 g/mol. The molecule has 9 heteroatoms. The van der Waals surface area contributed by atoms with Gasteiger partial charge in [0.05, 0.1) is 28.6 Å². The minimum absolute atomic E-state index is 0.0352. The summed E-state index contributed by atoms with van der Waals surface area (Å²) in [6.07, 6.45) is -3.62. The van der Waals surface area contributed by atoms with Crippen molar-refractivity contribution in [3.05, 3.63) is 106 Å². The molecular weight excluding hydrogens is 493 g/mol. The molecule has 0 saturated heterocycles. The molecule has 0 bridgehead atoms. The van der Waals surface area contributed by atoms with Crippen LogP contribution in [0.2, 0.25) is 0 Å². The number of rotatable bonds is 5. The quantitative estimate of drug-likeness (QED) is 0.318. The predicted molar refractivity (Wildman–Crippen MR) is 140 cm³/mol. The number of nitrogens with zero attached hydrogens (tertiary/aromatic N) is 3. The van der Waals surface area contributed by atoms with Gasteiger partial charge in [0, 0.05) is 12.2 Å². The summed E-state index contributed by atoms with van der Waals surface area (Å²) in [5, 5.41) is 2.57. The van der Waals surface area contributed by atoms with Gasteiger partial charge in [-0.15, -0.1) is 0 Å². The number of hydrogen-bond acceptors (Lipinski definition) is 3. The molecule has 196 valence electrons. The van der Waals surface area contributed by atoms with E-state index < -0.39 is 34.8 Å². The zero-order valence-corrected chi connectivity index (χ0v) is 21.0. The lowest BCUT2D eigenvalue weighted by molar-refractivity contribution is -0.136. The van der Waals surface area contributed by atoms with Crippen molar-refractivity contribution >= 4 is 22.6 Å². The summed E-state index contributed by atoms with van der Waals surface area (Å²) in [5.41, 5.74) is 0.750. The van der Waals surface area contributed by atoms with Crippen molar-refractivity contribution in [3.63, 3.8) is 0 Å². The fraction of sp³-hybridized carbons (Fsp3) is 0.276. The van der Waals surface area contributed by atoms with E-state index in [0.29, 0.717) is 12.1 Å². The molecule has 1 aromatic heterocycles. The number of amides is 2. The molecule has 1 aliphatic rings. The van der Waals surface area contributed by atoms with Crippen molar-refractivity contribution < 1.29 is 18.0 Å². The van der Waals surface area contributed by atoms with Crippen LogP contribution in [0.15, 0.2) is 77.6 Å². The predicted octanol–water partition coefficient (Wildman–Crippen LogP) is 6.72. The minimum Gasteiger partial charge on any atom is -0.308 e. The number of carbonyl (C=O) groups is 1. The van der Waals surface area contributed by atoms with Crippen LogP contribution in [-0.4, -0.2) is 20.5 Å². The number of carbonyl (C=O) groups excluding carboxylic acids is 1. The van der Waals surface area contributed by atoms with Gasteiger partial charge in [-0.2, -0.15) is 13.2 Å². The van der Waals surface area contributed by atoms with Crippen LogP contribution in [0.4, 0.5) is 23.7 Å². The molecule has 5 rings (SSSR count). The molecule has 4 aromatic rings. The Balaban J connectivity index is 1.62. The zero-order chi connectivity index (χ0) is 27.0. The third kappa shape index (κ3) is 4.53. The molecule has 0 saturated carbocycles. The SMILES string of the molecule is CCc1ccccc1NC(=O)N(C(C)c1ccccc1)C1CCn2c1nc1cccc(C(F)(F)F)c1c2=O. The normalized spacial score (nSPS) is 15.8. The average Bonchev–Trinajstić information content (AvgIpc) is 3.32. The molecule has 2 amide bonds. The van der Waals surface area contributed by atoms with Crippen molar-refractivity contribution in [1.82, 2.24) is 14.5 Å². The maximum absolute atomic E-state index is 13.9. The van der Waals surface area contributed by atoms with E-state index >= 15 is 0 Å². The first kappa shape index (κ1) is 25.5. The van der Waals surface area contributed by atoms with Crippen molar-refractivity contribution in [3.8, 4) is 0 Å². The molecule has 2 unspecified atom stereocenters. The summed E-state index contributed by atoms with van der Waals surface area (Å²) in [5.74, 6) is 0.281. The van der Waals surface area contributed by atoms with Gasteiger partial charge >= 0.3 is 12.2 Å². The highest BCUT2D eigenvalue weighted by Crippen LogP contribution is 2.38. The van der Waals surface area contributed by atoms with Crippen LogP contribution in [-0.2, 0) is 19.1 Å². The highest BCUT2D eigenvalue weighted by atomic mass is 19.4. The second-order valence-corrected chi connectivity index (χ2v) is 9.36. The molecule has 0 spiro atoms. The van der Waals surface area contributed by atoms with Crippen LogP contribution >= 0.6 is 0 Å². The summed E-state index contributed by atoms with van der Waals surface area (Å²) in [4.78, 5) is 33.4. The van der Waals surface area contributed by atoms with E-state index in [1.807, 2.05) is 68.4 Å². The highest BCUT2D eigenvalue weighted by molar-refractivity contribution is 5.91. The summed E-state index contributed by atoms with van der Waals surface area (Å²) < 4.78 is 42.3. The van der Waals surface area contributed by atoms with Crippen LogP contribution in [0.1, 0.15) is 54.9 Å². The number of aromatic nitrogens is 2. The standard InChI is InChI=1S/C29H27F3N4O2/c1-3-19-10-7-8-14-22(19)34-28(38)36(18(2)20-11-5-4-6-12-20)24-16-17-35-26(24)33-23-15-9-13-21(29(30,31)32)25(23)27(35)37/h4-15,18,24H,3,16-17H2,1-2H3,(H,34,38). The van der Waals surface area contributed by atoms with Crippen LogP contribution in [0.5, 0.6) is 0 Å². The number of aryl methyl sites for hydroxylation is 1. The number of nitrogens with one attached hydrogen (secondary N) is 1. The van der Waals surface area contributed by atoms with E-state index in [1.54, 1.807) is 4.90 Å². The Morgan fingerprint density at radius 2 is 1.79 bits per heavy atom. The Morgan fingerprint density at radius 3 is 2.50 bits per heavy atom. The van der Waals surface area contributed by atoms with Gasteiger partial charge in [0.15, 0.2) is 0 Å². The summed E-state index contributed by atoms with van der Waals surface area (Å²) in [6, 6.07) is 19.1. The van der Waals surface area contributed by atoms with E-state index in [9.17, 15) is 22.8 Å². The first-order valence-corrected chi connectivity index (χ1v) is 12.5. The lowest BCUT2D eigenvalue weighted by Gasteiger charge is -2.34. The minimum atomic E-state index is -4.69. The van der Waals surface area contributed by atoms with Gasteiger partial charge in [-0.05, 0) is 49.1 Å². The van der Waals surface area contributed by atoms with E-state index in [2.05, 4.69) is 10.3 Å². The molecule has 0 radical (unpaired) electrons. The lowest BCUT2D eigenvalue weighted by atomic mass is 10.0. The van der Waals surface area contributed by atoms with Gasteiger partial charge in [0.1, 0.15) is 5.82 Å². The Hall–Kier alpha value is -4.14. The van der Waals surface area contributed by atoms with E-state index in [1.165, 1.54) is 16.7 Å². The van der Waals surface area contributed by atoms with Gasteiger partial charge in [-0.1, -0.05) is 61.5 Å². The van der Waals surface area contributed by atoms with Gasteiger partial charge in [0.2, 0.25) is 0 Å². The Bertz CT molecular complexity index is 1550. The second kappa shape index (κ2) is 9.96. The lowest BCUT2D eigenvalue weighted by Crippen LogP contribution is -2.40. The number of halogens is 3. The largest absolute Gasteiger partial charge is 0.417 e. The van der Waals surface area contributed by atoms with Crippen LogP contribution < -0.4 is 10.9 Å². The van der Waals surface area contributed by atoms with Crippen molar-refractivity contribution in [1.29, 1.82) is 0 Å². The van der Waals surface area contributed by atoms with E-state index in [-0.39, 0.29) is 23.9 Å². The first-order chi connectivity index (χ1) is 18.2. The molecule has 0 aliphatic carbocycles. The smallest absolute Gasteiger partial charge is 0.308 e. The number of benzene rings is 3. The number of fused-ring (bicyclic) bond motifs is 2. The Labute approximate surface area is 217 Å². The van der Waals surface area contributed by atoms with Crippen molar-refractivity contribution in [2.75, 3.05) is 5.32 Å². The van der Waals surface area contributed by atoms with E-state index in [0.717, 1.165) is 23.6 Å². The van der Waals surface area contributed by atoms with Gasteiger partial charge < -0.3 is 10.2 Å². The zero-order valence-electron chi connectivity index (χ0n) is 21.0. The Morgan fingerprint density at radius 1 is 1.08 bits per heavy atom. The van der Waals surface area contributed by atoms with Crippen molar-refractivity contribution in [2.24, 2.45) is 0 Å². The molecule has 2 atom stereocenters. The molecular formula is C29H27F3N4O2. The number of urea groups is 1. The maximum atomic E-state index is 13.9. The number of anilines is 1. The van der Waals surface area contributed by atoms with Gasteiger partial charge in [0.25, 0.3) is 5.56 Å². The fourth-order valence-corrected chi connectivity index (χ4v) is 5.24. The Kier molecular flexibility index (Phi) is 6.69. The molecule has 2 heterocycles. The van der Waals surface area contributed by atoms with Crippen LogP contribution in [0.3, 0.4) is 0 Å². The molecule has 6 nitrogen and oxygen atoms in total. The van der Waals surface area contributed by atoms with Gasteiger partial charge in [-0.3, -0.25) is 9.36 Å². The summed E-state index contributed by atoms with van der Waals surface area (Å²) in [7, 11) is 0. The number of para-hydroxylation sites is 1. The summed E-state index contributed by atoms with van der Waals surface area (Å²) >= 11 is 0. The fourth-order valence-electron chi connectivity index (χ4n) is 5.24. The van der Waals surface area contributed by atoms with E-state index in [4.69, 9.17) is 0 Å².